The number of amides is 3. The number of halogens is 1. The fourth-order valence-corrected chi connectivity index (χ4v) is 4.62. The number of allylic oxidation sites excluding steroid dienone is 2. The molecule has 9 nitrogen and oxygen atoms in total. The van der Waals surface area contributed by atoms with Gasteiger partial charge in [0.2, 0.25) is 0 Å². The molecule has 1 aliphatic carbocycles. The highest BCUT2D eigenvalue weighted by Gasteiger charge is 2.53. The number of hydrazine groups is 1. The van der Waals surface area contributed by atoms with Gasteiger partial charge in [0, 0.05) is 28.3 Å². The number of rotatable bonds is 6. The third kappa shape index (κ3) is 4.46. The highest BCUT2D eigenvalue weighted by molar-refractivity contribution is 6.30. The molecule has 10 heteroatoms. The minimum absolute atomic E-state index is 0.00358. The lowest BCUT2D eigenvalue weighted by Crippen LogP contribution is -2.56. The molecule has 2 aromatic rings. The van der Waals surface area contributed by atoms with Crippen molar-refractivity contribution >= 4 is 40.8 Å². The highest BCUT2D eigenvalue weighted by atomic mass is 35.5. The van der Waals surface area contributed by atoms with Gasteiger partial charge in [-0.3, -0.25) is 29.3 Å². The molecule has 0 unspecified atom stereocenters. The topological polar surface area (TPSA) is 118 Å². The van der Waals surface area contributed by atoms with Crippen molar-refractivity contribution < 1.29 is 24.1 Å². The number of nitro groups is 1. The Morgan fingerprint density at radius 3 is 2.20 bits per heavy atom. The molecule has 0 bridgehead atoms. The van der Waals surface area contributed by atoms with Crippen LogP contribution in [0.15, 0.2) is 60.2 Å². The Morgan fingerprint density at radius 2 is 1.60 bits per heavy atom. The summed E-state index contributed by atoms with van der Waals surface area (Å²) in [5.74, 6) is -3.61. The normalized spacial score (nSPS) is 20.2. The van der Waals surface area contributed by atoms with Gasteiger partial charge in [-0.15, -0.1) is 0 Å². The van der Waals surface area contributed by atoms with Crippen molar-refractivity contribution in [3.8, 4) is 0 Å². The van der Waals surface area contributed by atoms with E-state index in [0.29, 0.717) is 17.9 Å². The Balaban J connectivity index is 1.74. The second-order valence-corrected chi connectivity index (χ2v) is 9.13. The van der Waals surface area contributed by atoms with E-state index < -0.39 is 46.3 Å². The van der Waals surface area contributed by atoms with Gasteiger partial charge in [0.15, 0.2) is 5.78 Å². The first kappa shape index (κ1) is 24.3. The summed E-state index contributed by atoms with van der Waals surface area (Å²) in [5, 5.41) is 13.1. The van der Waals surface area contributed by atoms with Crippen molar-refractivity contribution in [2.24, 2.45) is 11.8 Å². The molecule has 0 N–H and O–H groups in total. The number of fused-ring (bicyclic) bond motifs is 1. The third-order valence-corrected chi connectivity index (χ3v) is 6.68. The van der Waals surface area contributed by atoms with Crippen LogP contribution in [-0.4, -0.2) is 44.5 Å². The van der Waals surface area contributed by atoms with E-state index in [4.69, 9.17) is 11.6 Å². The molecule has 4 rings (SSSR count). The average molecular weight is 496 g/mol. The van der Waals surface area contributed by atoms with Crippen LogP contribution in [0.1, 0.15) is 47.4 Å². The van der Waals surface area contributed by atoms with E-state index in [0.717, 1.165) is 27.7 Å². The minimum atomic E-state index is -1.22. The standard InChI is InChI=1S/C25H22ClN3O6/c1-14-3-12-20-21(13-14)25(33)28(24(20)32)27(15(2)22(30)16-4-8-18(26)9-5-16)23(31)17-6-10-19(11-7-17)29(34)35/h3-11,15,20-21H,12-13H2,1-2H3/t15-,20-,21+/m0/s1. The maximum absolute atomic E-state index is 13.6. The number of hydrogen-bond donors (Lipinski definition) is 0. The zero-order chi connectivity index (χ0) is 25.4. The number of carbonyl (C=O) groups is 4. The molecule has 0 radical (unpaired) electrons. The van der Waals surface area contributed by atoms with Crippen LogP contribution < -0.4 is 0 Å². The van der Waals surface area contributed by atoms with E-state index in [2.05, 4.69) is 0 Å². The Kier molecular flexibility index (Phi) is 6.53. The van der Waals surface area contributed by atoms with Crippen LogP contribution in [0, 0.1) is 22.0 Å². The number of hydrogen-bond acceptors (Lipinski definition) is 6. The SMILES string of the molecule is CC1=CC[C@@H]2C(=O)N(N(C(=O)c3ccc([N+](=O)[O-])cc3)[C@@H](C)C(=O)c3ccc(Cl)cc3)C(=O)[C@@H]2C1. The van der Waals surface area contributed by atoms with Gasteiger partial charge in [-0.2, -0.15) is 5.01 Å². The molecule has 3 atom stereocenters. The van der Waals surface area contributed by atoms with Crippen molar-refractivity contribution in [1.82, 2.24) is 10.0 Å². The number of nitro benzene ring substituents is 1. The van der Waals surface area contributed by atoms with Crippen molar-refractivity contribution in [3.05, 3.63) is 86.4 Å². The first-order valence-electron chi connectivity index (χ1n) is 11.0. The van der Waals surface area contributed by atoms with E-state index in [1.807, 2.05) is 13.0 Å². The summed E-state index contributed by atoms with van der Waals surface area (Å²) in [6, 6.07) is 9.59. The lowest BCUT2D eigenvalue weighted by molar-refractivity contribution is -0.384. The van der Waals surface area contributed by atoms with Crippen LogP contribution in [0.2, 0.25) is 5.02 Å². The molecule has 0 spiro atoms. The lowest BCUT2D eigenvalue weighted by Gasteiger charge is -2.34. The van der Waals surface area contributed by atoms with Crippen molar-refractivity contribution in [2.75, 3.05) is 0 Å². The van der Waals surface area contributed by atoms with Crippen LogP contribution in [0.4, 0.5) is 5.69 Å². The number of imide groups is 1. The van der Waals surface area contributed by atoms with E-state index in [1.165, 1.54) is 43.3 Å². The van der Waals surface area contributed by atoms with Gasteiger partial charge >= 0.3 is 0 Å². The number of non-ortho nitro benzene ring substituents is 1. The van der Waals surface area contributed by atoms with E-state index in [-0.39, 0.29) is 16.8 Å². The Bertz CT molecular complexity index is 1250. The molecule has 2 aromatic carbocycles. The summed E-state index contributed by atoms with van der Waals surface area (Å²) in [4.78, 5) is 64.1. The average Bonchev–Trinajstić information content (AvgIpc) is 3.08. The molecule has 35 heavy (non-hydrogen) atoms. The molecule has 0 saturated carbocycles. The summed E-state index contributed by atoms with van der Waals surface area (Å²) in [6.45, 7) is 3.31. The summed E-state index contributed by atoms with van der Waals surface area (Å²) in [7, 11) is 0. The van der Waals surface area contributed by atoms with E-state index >= 15 is 0 Å². The predicted molar refractivity (Wildman–Crippen MR) is 126 cm³/mol. The first-order valence-corrected chi connectivity index (χ1v) is 11.4. The van der Waals surface area contributed by atoms with Gasteiger partial charge in [0.05, 0.1) is 16.8 Å². The Labute approximate surface area is 206 Å². The van der Waals surface area contributed by atoms with E-state index in [1.54, 1.807) is 0 Å². The molecule has 180 valence electrons. The third-order valence-electron chi connectivity index (χ3n) is 6.42. The molecular weight excluding hydrogens is 474 g/mol. The largest absolute Gasteiger partial charge is 0.292 e. The predicted octanol–water partition coefficient (Wildman–Crippen LogP) is 4.22. The second kappa shape index (κ2) is 9.42. The maximum atomic E-state index is 13.6. The van der Waals surface area contributed by atoms with E-state index in [9.17, 15) is 29.3 Å². The molecule has 1 fully saturated rings. The van der Waals surface area contributed by atoms with Gasteiger partial charge in [-0.25, -0.2) is 5.01 Å². The lowest BCUT2D eigenvalue weighted by atomic mass is 9.82. The maximum Gasteiger partial charge on any atom is 0.273 e. The molecule has 1 aliphatic heterocycles. The van der Waals surface area contributed by atoms with Gasteiger partial charge in [0.1, 0.15) is 6.04 Å². The van der Waals surface area contributed by atoms with Gasteiger partial charge in [-0.05, 0) is 63.1 Å². The van der Waals surface area contributed by atoms with Gasteiger partial charge in [-0.1, -0.05) is 23.3 Å². The van der Waals surface area contributed by atoms with Crippen molar-refractivity contribution in [2.45, 2.75) is 32.7 Å². The second-order valence-electron chi connectivity index (χ2n) is 8.69. The molecule has 1 saturated heterocycles. The van der Waals surface area contributed by atoms with Crippen LogP contribution >= 0.6 is 11.6 Å². The van der Waals surface area contributed by atoms with Gasteiger partial charge < -0.3 is 0 Å². The minimum Gasteiger partial charge on any atom is -0.292 e. The fraction of sp³-hybridized carbons (Fsp3) is 0.280. The van der Waals surface area contributed by atoms with Gasteiger partial charge in [0.25, 0.3) is 23.4 Å². The summed E-state index contributed by atoms with van der Waals surface area (Å²) in [6.07, 6.45) is 2.67. The summed E-state index contributed by atoms with van der Waals surface area (Å²) in [5.41, 5.74) is 1.00. The van der Waals surface area contributed by atoms with Crippen molar-refractivity contribution in [1.29, 1.82) is 0 Å². The Morgan fingerprint density at radius 1 is 1.03 bits per heavy atom. The molecule has 2 aliphatic rings. The highest BCUT2D eigenvalue weighted by Crippen LogP contribution is 2.39. The number of carbonyl (C=O) groups excluding carboxylic acids is 4. The van der Waals surface area contributed by atoms with Crippen LogP contribution in [-0.2, 0) is 9.59 Å². The first-order chi connectivity index (χ1) is 16.6. The molecule has 3 amide bonds. The van der Waals surface area contributed by atoms with Crippen LogP contribution in [0.3, 0.4) is 0 Å². The molecule has 1 heterocycles. The zero-order valence-electron chi connectivity index (χ0n) is 19.0. The fourth-order valence-electron chi connectivity index (χ4n) is 4.50. The smallest absolute Gasteiger partial charge is 0.273 e. The molecule has 0 aromatic heterocycles. The number of Topliss-reactive ketones (excluding diaryl/α,β-unsaturated/α-hetero) is 1. The summed E-state index contributed by atoms with van der Waals surface area (Å²) >= 11 is 5.92. The monoisotopic (exact) mass is 495 g/mol. The number of ketones is 1. The quantitative estimate of drug-likeness (QED) is 0.195. The van der Waals surface area contributed by atoms with Crippen LogP contribution in [0.5, 0.6) is 0 Å². The number of nitrogens with zero attached hydrogens (tertiary/aromatic N) is 3. The zero-order valence-corrected chi connectivity index (χ0v) is 19.8. The number of benzene rings is 2. The van der Waals surface area contributed by atoms with Crippen LogP contribution in [0.25, 0.3) is 0 Å². The molecular formula is C25H22ClN3O6. The Hall–Kier alpha value is -3.85. The summed E-state index contributed by atoms with van der Waals surface area (Å²) < 4.78 is 0. The van der Waals surface area contributed by atoms with Crippen molar-refractivity contribution in [3.63, 3.8) is 0 Å².